The smallest absolute Gasteiger partial charge is 0.125 e. The summed E-state index contributed by atoms with van der Waals surface area (Å²) >= 11 is 7.80. The molecule has 0 atom stereocenters. The van der Waals surface area contributed by atoms with E-state index >= 15 is 0 Å². The van der Waals surface area contributed by atoms with Crippen LogP contribution in [0, 0.1) is 5.82 Å². The number of nitrogens with zero attached hydrogens (tertiary/aromatic N) is 1. The first kappa shape index (κ1) is 14.0. The molecule has 0 unspecified atom stereocenters. The molecule has 1 N–H and O–H groups in total. The second-order valence-electron chi connectivity index (χ2n) is 5.01. The molecule has 0 bridgehead atoms. The minimum Gasteiger partial charge on any atom is -0.312 e. The zero-order valence-electron chi connectivity index (χ0n) is 11.2. The summed E-state index contributed by atoms with van der Waals surface area (Å²) in [7, 11) is 0. The van der Waals surface area contributed by atoms with Crippen LogP contribution >= 0.6 is 22.9 Å². The molecule has 1 aromatic heterocycles. The van der Waals surface area contributed by atoms with Gasteiger partial charge in [-0.15, -0.1) is 11.3 Å². The van der Waals surface area contributed by atoms with Gasteiger partial charge in [0.15, 0.2) is 0 Å². The van der Waals surface area contributed by atoms with Gasteiger partial charge in [0, 0.05) is 22.9 Å². The number of rotatable bonds is 5. The first-order valence-electron chi connectivity index (χ1n) is 6.84. The number of benzene rings is 1. The lowest BCUT2D eigenvalue weighted by Gasteiger charge is -2.00. The van der Waals surface area contributed by atoms with E-state index in [0.29, 0.717) is 10.9 Å². The van der Waals surface area contributed by atoms with Crippen LogP contribution in [0.1, 0.15) is 36.3 Å². The Morgan fingerprint density at radius 3 is 2.90 bits per heavy atom. The first-order valence-corrected chi connectivity index (χ1v) is 8.04. The van der Waals surface area contributed by atoms with E-state index < -0.39 is 0 Å². The molecule has 0 saturated heterocycles. The average molecular weight is 311 g/mol. The van der Waals surface area contributed by atoms with Crippen molar-refractivity contribution in [3.8, 4) is 10.6 Å². The van der Waals surface area contributed by atoms with Gasteiger partial charge in [0.1, 0.15) is 10.8 Å². The van der Waals surface area contributed by atoms with E-state index in [-0.39, 0.29) is 5.82 Å². The van der Waals surface area contributed by atoms with Gasteiger partial charge in [-0.2, -0.15) is 0 Å². The SMILES string of the molecule is CCNCc1sc(-c2ccc(F)cc2Cl)nc1C1CC1. The van der Waals surface area contributed by atoms with E-state index in [0.717, 1.165) is 23.7 Å². The van der Waals surface area contributed by atoms with Gasteiger partial charge in [-0.25, -0.2) is 9.37 Å². The van der Waals surface area contributed by atoms with E-state index in [9.17, 15) is 4.39 Å². The summed E-state index contributed by atoms with van der Waals surface area (Å²) in [6.07, 6.45) is 2.44. The largest absolute Gasteiger partial charge is 0.312 e. The molecule has 0 amide bonds. The molecule has 0 radical (unpaired) electrons. The number of hydrogen-bond acceptors (Lipinski definition) is 3. The van der Waals surface area contributed by atoms with Crippen molar-refractivity contribution in [1.29, 1.82) is 0 Å². The fraction of sp³-hybridized carbons (Fsp3) is 0.400. The minimum atomic E-state index is -0.314. The van der Waals surface area contributed by atoms with E-state index in [2.05, 4.69) is 12.2 Å². The van der Waals surface area contributed by atoms with Crippen molar-refractivity contribution in [2.24, 2.45) is 0 Å². The highest BCUT2D eigenvalue weighted by molar-refractivity contribution is 7.15. The fourth-order valence-corrected chi connectivity index (χ4v) is 3.65. The van der Waals surface area contributed by atoms with Gasteiger partial charge in [-0.05, 0) is 37.6 Å². The Kier molecular flexibility index (Phi) is 4.06. The van der Waals surface area contributed by atoms with Crippen LogP contribution in [0.25, 0.3) is 10.6 Å². The Labute approximate surface area is 127 Å². The van der Waals surface area contributed by atoms with Crippen molar-refractivity contribution in [3.63, 3.8) is 0 Å². The summed E-state index contributed by atoms with van der Waals surface area (Å²) in [5.41, 5.74) is 2.02. The maximum Gasteiger partial charge on any atom is 0.125 e. The molecule has 20 heavy (non-hydrogen) atoms. The number of thiazole rings is 1. The van der Waals surface area contributed by atoms with E-state index in [1.165, 1.54) is 35.5 Å². The Bertz CT molecular complexity index is 622. The lowest BCUT2D eigenvalue weighted by molar-refractivity contribution is 0.628. The fourth-order valence-electron chi connectivity index (χ4n) is 2.18. The quantitative estimate of drug-likeness (QED) is 0.873. The summed E-state index contributed by atoms with van der Waals surface area (Å²) in [4.78, 5) is 6.04. The molecule has 1 fully saturated rings. The van der Waals surface area contributed by atoms with Crippen LogP contribution < -0.4 is 5.32 Å². The van der Waals surface area contributed by atoms with Crippen molar-refractivity contribution < 1.29 is 4.39 Å². The highest BCUT2D eigenvalue weighted by Gasteiger charge is 2.29. The molecule has 0 spiro atoms. The van der Waals surface area contributed by atoms with Gasteiger partial charge < -0.3 is 5.32 Å². The Hall–Kier alpha value is -0.970. The second-order valence-corrected chi connectivity index (χ2v) is 6.50. The zero-order valence-corrected chi connectivity index (χ0v) is 12.8. The molecule has 2 aromatic rings. The van der Waals surface area contributed by atoms with Crippen LogP contribution in [0.3, 0.4) is 0 Å². The number of nitrogens with one attached hydrogen (secondary N) is 1. The Morgan fingerprint density at radius 1 is 1.45 bits per heavy atom. The van der Waals surface area contributed by atoms with Crippen molar-refractivity contribution >= 4 is 22.9 Å². The van der Waals surface area contributed by atoms with Crippen molar-refractivity contribution in [2.45, 2.75) is 32.2 Å². The third kappa shape index (κ3) is 2.87. The highest BCUT2D eigenvalue weighted by atomic mass is 35.5. The monoisotopic (exact) mass is 310 g/mol. The van der Waals surface area contributed by atoms with Gasteiger partial charge in [0.25, 0.3) is 0 Å². The van der Waals surface area contributed by atoms with Gasteiger partial charge in [-0.1, -0.05) is 18.5 Å². The van der Waals surface area contributed by atoms with Gasteiger partial charge in [-0.3, -0.25) is 0 Å². The van der Waals surface area contributed by atoms with Crippen molar-refractivity contribution in [3.05, 3.63) is 39.6 Å². The zero-order chi connectivity index (χ0) is 14.1. The average Bonchev–Trinajstić information content (AvgIpc) is 3.18. The van der Waals surface area contributed by atoms with Crippen LogP contribution in [0.4, 0.5) is 4.39 Å². The summed E-state index contributed by atoms with van der Waals surface area (Å²) < 4.78 is 13.1. The van der Waals surface area contributed by atoms with E-state index in [1.807, 2.05) is 0 Å². The number of hydrogen-bond donors (Lipinski definition) is 1. The Morgan fingerprint density at radius 2 is 2.25 bits per heavy atom. The first-order chi connectivity index (χ1) is 9.69. The second kappa shape index (κ2) is 5.80. The molecule has 3 rings (SSSR count). The van der Waals surface area contributed by atoms with E-state index in [4.69, 9.17) is 16.6 Å². The van der Waals surface area contributed by atoms with Crippen molar-refractivity contribution in [2.75, 3.05) is 6.54 Å². The summed E-state index contributed by atoms with van der Waals surface area (Å²) in [6.45, 7) is 3.88. The predicted molar refractivity (Wildman–Crippen MR) is 81.9 cm³/mol. The van der Waals surface area contributed by atoms with Crippen LogP contribution in [0.5, 0.6) is 0 Å². The molecule has 1 saturated carbocycles. The molecular weight excluding hydrogens is 295 g/mol. The molecule has 1 aliphatic rings. The lowest BCUT2D eigenvalue weighted by atomic mass is 10.2. The minimum absolute atomic E-state index is 0.314. The summed E-state index contributed by atoms with van der Waals surface area (Å²) in [5, 5.41) is 4.67. The predicted octanol–water partition coefficient (Wildman–Crippen LogP) is 4.59. The normalized spacial score (nSPS) is 14.8. The van der Waals surface area contributed by atoms with Gasteiger partial charge in [0.05, 0.1) is 10.7 Å². The highest BCUT2D eigenvalue weighted by Crippen LogP contribution is 2.44. The molecule has 106 valence electrons. The van der Waals surface area contributed by atoms with Crippen LogP contribution in [-0.2, 0) is 6.54 Å². The van der Waals surface area contributed by atoms with Crippen LogP contribution in [0.2, 0.25) is 5.02 Å². The third-order valence-electron chi connectivity index (χ3n) is 3.39. The molecule has 1 aromatic carbocycles. The molecule has 1 aliphatic carbocycles. The Balaban J connectivity index is 1.96. The number of halogens is 2. The van der Waals surface area contributed by atoms with Gasteiger partial charge in [0.2, 0.25) is 0 Å². The maximum absolute atomic E-state index is 13.1. The molecule has 2 nitrogen and oxygen atoms in total. The van der Waals surface area contributed by atoms with E-state index in [1.54, 1.807) is 17.4 Å². The van der Waals surface area contributed by atoms with Crippen LogP contribution in [0.15, 0.2) is 18.2 Å². The third-order valence-corrected chi connectivity index (χ3v) is 4.81. The summed E-state index contributed by atoms with van der Waals surface area (Å²) in [6, 6.07) is 4.49. The van der Waals surface area contributed by atoms with Gasteiger partial charge >= 0.3 is 0 Å². The lowest BCUT2D eigenvalue weighted by Crippen LogP contribution is -2.11. The topological polar surface area (TPSA) is 24.9 Å². The maximum atomic E-state index is 13.1. The van der Waals surface area contributed by atoms with Crippen LogP contribution in [-0.4, -0.2) is 11.5 Å². The standard InChI is InChI=1S/C15H16ClFN2S/c1-2-18-8-13-14(9-3-4-9)19-15(20-13)11-6-5-10(17)7-12(11)16/h5-7,9,18H,2-4,8H2,1H3. The molecule has 5 heteroatoms. The molecular formula is C15H16ClFN2S. The molecule has 1 heterocycles. The van der Waals surface area contributed by atoms with Crippen molar-refractivity contribution in [1.82, 2.24) is 10.3 Å². The summed E-state index contributed by atoms with van der Waals surface area (Å²) in [5.74, 6) is 0.290. The molecule has 0 aliphatic heterocycles. The number of aromatic nitrogens is 1.